The average molecular weight is 396 g/mol. The number of amides is 2. The van der Waals surface area contributed by atoms with Crippen LogP contribution < -0.4 is 5.32 Å². The first-order valence-electron chi connectivity index (χ1n) is 8.73. The summed E-state index contributed by atoms with van der Waals surface area (Å²) in [6, 6.07) is 1.68. The largest absolute Gasteiger partial charge is 0.502 e. The lowest BCUT2D eigenvalue weighted by atomic mass is 9.72. The van der Waals surface area contributed by atoms with E-state index in [0.29, 0.717) is 17.9 Å². The zero-order chi connectivity index (χ0) is 18.8. The third kappa shape index (κ3) is 2.34. The summed E-state index contributed by atoms with van der Waals surface area (Å²) < 4.78 is 0. The van der Waals surface area contributed by atoms with Gasteiger partial charge in [-0.1, -0.05) is 43.0 Å². The summed E-state index contributed by atoms with van der Waals surface area (Å²) in [5.74, 6) is -1.83. The fraction of sp³-hybridized carbons (Fsp3) is 0.474. The van der Waals surface area contributed by atoms with Gasteiger partial charge in [-0.15, -0.1) is 0 Å². The molecular formula is C19H19Cl2NO4. The second-order valence-corrected chi connectivity index (χ2v) is 8.45. The number of halogens is 2. The lowest BCUT2D eigenvalue weighted by Gasteiger charge is -2.35. The zero-order valence-corrected chi connectivity index (χ0v) is 15.7. The van der Waals surface area contributed by atoms with Crippen molar-refractivity contribution in [2.45, 2.75) is 45.1 Å². The van der Waals surface area contributed by atoms with Gasteiger partial charge in [-0.05, 0) is 36.8 Å². The molecule has 4 rings (SSSR count). The molecule has 0 radical (unpaired) electrons. The van der Waals surface area contributed by atoms with Crippen LogP contribution in [-0.4, -0.2) is 22.0 Å². The minimum Gasteiger partial charge on any atom is -0.502 e. The SMILES string of the molecule is CC1(C2CCCC2)Cc2cc(C3=C(O)C(=O)NC3=O)c(Cl)c(Cl)c2C1O. The number of fused-ring (bicyclic) bond motifs is 1. The van der Waals surface area contributed by atoms with Crippen molar-refractivity contribution in [3.63, 3.8) is 0 Å². The van der Waals surface area contributed by atoms with Crippen LogP contribution in [0.25, 0.3) is 5.57 Å². The second kappa shape index (κ2) is 5.98. The van der Waals surface area contributed by atoms with Gasteiger partial charge in [0.1, 0.15) is 0 Å². The predicted octanol–water partition coefficient (Wildman–Crippen LogP) is 3.70. The Morgan fingerprint density at radius 1 is 1.15 bits per heavy atom. The fourth-order valence-corrected chi connectivity index (χ4v) is 5.38. The molecule has 1 saturated carbocycles. The number of aliphatic hydroxyl groups is 2. The van der Waals surface area contributed by atoms with E-state index < -0.39 is 23.7 Å². The molecule has 7 heteroatoms. The fourth-order valence-electron chi connectivity index (χ4n) is 4.80. The minimum atomic E-state index is -0.853. The molecule has 1 heterocycles. The first-order valence-corrected chi connectivity index (χ1v) is 9.49. The predicted molar refractivity (Wildman–Crippen MR) is 97.9 cm³/mol. The van der Waals surface area contributed by atoms with Crippen molar-refractivity contribution in [3.8, 4) is 0 Å². The Bertz CT molecular complexity index is 873. The maximum Gasteiger partial charge on any atom is 0.293 e. The number of benzene rings is 1. The molecule has 1 aromatic carbocycles. The van der Waals surface area contributed by atoms with E-state index >= 15 is 0 Å². The molecule has 5 nitrogen and oxygen atoms in total. The van der Waals surface area contributed by atoms with Crippen LogP contribution in [0, 0.1) is 11.3 Å². The Kier molecular flexibility index (Phi) is 4.10. The van der Waals surface area contributed by atoms with Gasteiger partial charge < -0.3 is 10.2 Å². The lowest BCUT2D eigenvalue weighted by molar-refractivity contribution is -0.124. The van der Waals surface area contributed by atoms with Gasteiger partial charge in [0.05, 0.1) is 21.7 Å². The molecule has 2 amide bonds. The summed E-state index contributed by atoms with van der Waals surface area (Å²) in [7, 11) is 0. The number of hydrogen-bond donors (Lipinski definition) is 3. The molecule has 3 N–H and O–H groups in total. The quantitative estimate of drug-likeness (QED) is 0.666. The van der Waals surface area contributed by atoms with Crippen LogP contribution in [0.3, 0.4) is 0 Å². The van der Waals surface area contributed by atoms with Crippen LogP contribution in [0.2, 0.25) is 10.0 Å². The molecule has 1 fully saturated rings. The average Bonchev–Trinajstić information content (AvgIpc) is 3.26. The van der Waals surface area contributed by atoms with Gasteiger partial charge in [-0.3, -0.25) is 14.9 Å². The summed E-state index contributed by atoms with van der Waals surface area (Å²) in [6.07, 6.45) is 4.34. The maximum atomic E-state index is 12.1. The van der Waals surface area contributed by atoms with Crippen molar-refractivity contribution in [1.29, 1.82) is 0 Å². The van der Waals surface area contributed by atoms with Crippen LogP contribution in [-0.2, 0) is 16.0 Å². The molecule has 0 bridgehead atoms. The Balaban J connectivity index is 1.84. The molecule has 0 aromatic heterocycles. The van der Waals surface area contributed by atoms with Crippen molar-refractivity contribution in [2.24, 2.45) is 11.3 Å². The van der Waals surface area contributed by atoms with E-state index in [1.54, 1.807) is 6.07 Å². The summed E-state index contributed by atoms with van der Waals surface area (Å²) >= 11 is 12.8. The normalized spacial score (nSPS) is 28.8. The molecule has 0 spiro atoms. The molecule has 26 heavy (non-hydrogen) atoms. The first kappa shape index (κ1) is 17.8. The number of carbonyl (C=O) groups excluding carboxylic acids is 2. The molecule has 138 valence electrons. The third-order valence-corrected chi connectivity index (χ3v) is 7.14. The van der Waals surface area contributed by atoms with Gasteiger partial charge in [0.15, 0.2) is 5.76 Å². The van der Waals surface area contributed by atoms with E-state index in [9.17, 15) is 19.8 Å². The molecule has 3 aliphatic rings. The summed E-state index contributed by atoms with van der Waals surface area (Å²) in [4.78, 5) is 23.6. The van der Waals surface area contributed by atoms with Gasteiger partial charge in [0.25, 0.3) is 11.8 Å². The van der Waals surface area contributed by atoms with Gasteiger partial charge in [-0.2, -0.15) is 0 Å². The third-order valence-electron chi connectivity index (χ3n) is 6.26. The molecule has 1 aliphatic heterocycles. The number of rotatable bonds is 2. The first-order chi connectivity index (χ1) is 12.3. The molecule has 2 unspecified atom stereocenters. The summed E-state index contributed by atoms with van der Waals surface area (Å²) in [5, 5.41) is 23.3. The van der Waals surface area contributed by atoms with Crippen LogP contribution >= 0.6 is 23.2 Å². The van der Waals surface area contributed by atoms with Crippen molar-refractivity contribution >= 4 is 40.6 Å². The Morgan fingerprint density at radius 3 is 2.38 bits per heavy atom. The van der Waals surface area contributed by atoms with Crippen LogP contribution in [0.15, 0.2) is 11.8 Å². The molecule has 1 aromatic rings. The van der Waals surface area contributed by atoms with E-state index in [1.165, 1.54) is 0 Å². The highest BCUT2D eigenvalue weighted by molar-refractivity contribution is 6.46. The second-order valence-electron chi connectivity index (χ2n) is 7.70. The molecule has 2 atom stereocenters. The lowest BCUT2D eigenvalue weighted by Crippen LogP contribution is -2.30. The standard InChI is InChI=1S/C19H19Cl2NO4/c1-19(9-4-2-3-5-9)7-8-6-10(12-15(23)18(26)22-17(12)25)13(20)14(21)11(8)16(19)24/h6,9,16,24H,2-5,7H2,1H3,(H2,22,23,25,26). The van der Waals surface area contributed by atoms with E-state index in [4.69, 9.17) is 23.2 Å². The van der Waals surface area contributed by atoms with Crippen LogP contribution in [0.4, 0.5) is 0 Å². The van der Waals surface area contributed by atoms with Gasteiger partial charge in [0, 0.05) is 16.5 Å². The molecule has 0 saturated heterocycles. The van der Waals surface area contributed by atoms with Gasteiger partial charge in [0.2, 0.25) is 0 Å². The number of carbonyl (C=O) groups is 2. The highest BCUT2D eigenvalue weighted by atomic mass is 35.5. The van der Waals surface area contributed by atoms with E-state index in [1.807, 2.05) is 5.32 Å². The van der Waals surface area contributed by atoms with Crippen LogP contribution in [0.1, 0.15) is 55.4 Å². The molecule has 2 aliphatic carbocycles. The highest BCUT2D eigenvalue weighted by Gasteiger charge is 2.49. The number of imide groups is 1. The Hall–Kier alpha value is -1.56. The maximum absolute atomic E-state index is 12.1. The van der Waals surface area contributed by atoms with Crippen molar-refractivity contribution in [2.75, 3.05) is 0 Å². The van der Waals surface area contributed by atoms with E-state index in [-0.39, 0.29) is 26.6 Å². The molecular weight excluding hydrogens is 377 g/mol. The summed E-state index contributed by atoms with van der Waals surface area (Å²) in [6.45, 7) is 2.07. The van der Waals surface area contributed by atoms with E-state index in [2.05, 4.69) is 6.92 Å². The minimum absolute atomic E-state index is 0.0616. The van der Waals surface area contributed by atoms with Crippen molar-refractivity contribution in [1.82, 2.24) is 5.32 Å². The Morgan fingerprint density at radius 2 is 1.81 bits per heavy atom. The van der Waals surface area contributed by atoms with Crippen molar-refractivity contribution in [3.05, 3.63) is 38.6 Å². The van der Waals surface area contributed by atoms with Gasteiger partial charge >= 0.3 is 0 Å². The monoisotopic (exact) mass is 395 g/mol. The van der Waals surface area contributed by atoms with Crippen molar-refractivity contribution < 1.29 is 19.8 Å². The van der Waals surface area contributed by atoms with Crippen LogP contribution in [0.5, 0.6) is 0 Å². The Labute approximate surface area is 161 Å². The smallest absolute Gasteiger partial charge is 0.293 e. The number of hydrogen-bond acceptors (Lipinski definition) is 4. The number of nitrogens with one attached hydrogen (secondary N) is 1. The van der Waals surface area contributed by atoms with Gasteiger partial charge in [-0.25, -0.2) is 0 Å². The topological polar surface area (TPSA) is 86.6 Å². The van der Waals surface area contributed by atoms with E-state index in [0.717, 1.165) is 31.2 Å². The number of aliphatic hydroxyl groups excluding tert-OH is 2. The zero-order valence-electron chi connectivity index (χ0n) is 14.2. The summed E-state index contributed by atoms with van der Waals surface area (Å²) in [5.41, 5.74) is 1.12. The highest BCUT2D eigenvalue weighted by Crippen LogP contribution is 2.57.